The fourth-order valence-electron chi connectivity index (χ4n) is 3.80. The monoisotopic (exact) mass is 379 g/mol. The summed E-state index contributed by atoms with van der Waals surface area (Å²) in [7, 11) is 0. The van der Waals surface area contributed by atoms with E-state index in [1.807, 2.05) is 23.1 Å². The van der Waals surface area contributed by atoms with Crippen LogP contribution in [0.15, 0.2) is 52.5 Å². The molecular formula is C20H21N5OS. The lowest BCUT2D eigenvalue weighted by atomic mass is 10.2. The van der Waals surface area contributed by atoms with Gasteiger partial charge < -0.3 is 14.7 Å². The van der Waals surface area contributed by atoms with Gasteiger partial charge in [-0.05, 0) is 23.6 Å². The number of piperazine rings is 1. The van der Waals surface area contributed by atoms with Crippen LogP contribution < -0.4 is 4.90 Å². The standard InChI is InChI=1S/C20H21N5OS/c26-19(13-16-14-27-20-21-7-8-25(16)20)24-11-9-23(10-12-24)18-6-5-15-3-1-2-4-17(15)22-18/h1-6,14H,7-13H2. The summed E-state index contributed by atoms with van der Waals surface area (Å²) in [4.78, 5) is 28.4. The van der Waals surface area contributed by atoms with Gasteiger partial charge in [-0.25, -0.2) is 4.98 Å². The van der Waals surface area contributed by atoms with E-state index in [0.717, 1.165) is 66.9 Å². The second-order valence-corrected chi connectivity index (χ2v) is 7.79. The molecule has 1 aromatic carbocycles. The maximum absolute atomic E-state index is 12.7. The summed E-state index contributed by atoms with van der Waals surface area (Å²) in [5.74, 6) is 1.20. The summed E-state index contributed by atoms with van der Waals surface area (Å²) >= 11 is 1.63. The second-order valence-electron chi connectivity index (χ2n) is 6.95. The molecule has 0 unspecified atom stereocenters. The Labute approximate surface area is 162 Å². The van der Waals surface area contributed by atoms with Crippen LogP contribution in [0.5, 0.6) is 0 Å². The third kappa shape index (κ3) is 3.16. The zero-order valence-corrected chi connectivity index (χ0v) is 15.9. The maximum atomic E-state index is 12.7. The Morgan fingerprint density at radius 2 is 1.89 bits per heavy atom. The van der Waals surface area contributed by atoms with Crippen LogP contribution in [0, 0.1) is 0 Å². The minimum absolute atomic E-state index is 0.209. The number of para-hydroxylation sites is 1. The molecule has 0 atom stereocenters. The van der Waals surface area contributed by atoms with Gasteiger partial charge in [0.2, 0.25) is 5.91 Å². The van der Waals surface area contributed by atoms with Crippen molar-refractivity contribution in [2.24, 2.45) is 4.99 Å². The van der Waals surface area contributed by atoms with Crippen molar-refractivity contribution in [2.75, 3.05) is 44.2 Å². The Morgan fingerprint density at radius 1 is 1.04 bits per heavy atom. The molecule has 27 heavy (non-hydrogen) atoms. The quantitative estimate of drug-likeness (QED) is 0.820. The van der Waals surface area contributed by atoms with E-state index in [1.54, 1.807) is 11.8 Å². The lowest BCUT2D eigenvalue weighted by molar-refractivity contribution is -0.130. The van der Waals surface area contributed by atoms with Crippen LogP contribution in [0.3, 0.4) is 0 Å². The maximum Gasteiger partial charge on any atom is 0.228 e. The summed E-state index contributed by atoms with van der Waals surface area (Å²) in [6.07, 6.45) is 0.472. The SMILES string of the molecule is O=C(CC1=CSC2=NCCN12)N1CCN(c2ccc3ccccc3n2)CC1. The molecular weight excluding hydrogens is 358 g/mol. The van der Waals surface area contributed by atoms with Gasteiger partial charge in [0.15, 0.2) is 5.17 Å². The van der Waals surface area contributed by atoms with Gasteiger partial charge in [-0.2, -0.15) is 0 Å². The Kier molecular flexibility index (Phi) is 4.24. The molecule has 2 aromatic rings. The summed E-state index contributed by atoms with van der Waals surface area (Å²) < 4.78 is 0. The van der Waals surface area contributed by atoms with Gasteiger partial charge in [0.05, 0.1) is 18.5 Å². The number of thioether (sulfide) groups is 1. The summed E-state index contributed by atoms with van der Waals surface area (Å²) in [6.45, 7) is 4.88. The molecule has 5 rings (SSSR count). The highest BCUT2D eigenvalue weighted by atomic mass is 32.2. The van der Waals surface area contributed by atoms with E-state index in [1.165, 1.54) is 0 Å². The van der Waals surface area contributed by atoms with Crippen LogP contribution in [0.25, 0.3) is 10.9 Å². The number of carbonyl (C=O) groups is 1. The fourth-order valence-corrected chi connectivity index (χ4v) is 4.75. The van der Waals surface area contributed by atoms with Crippen molar-refractivity contribution in [3.8, 4) is 0 Å². The smallest absolute Gasteiger partial charge is 0.228 e. The van der Waals surface area contributed by atoms with Gasteiger partial charge in [0.25, 0.3) is 0 Å². The van der Waals surface area contributed by atoms with Crippen molar-refractivity contribution in [2.45, 2.75) is 6.42 Å². The molecule has 7 heteroatoms. The van der Waals surface area contributed by atoms with Gasteiger partial charge in [0, 0.05) is 43.8 Å². The zero-order chi connectivity index (χ0) is 18.2. The molecule has 0 N–H and O–H groups in total. The second kappa shape index (κ2) is 6.88. The predicted molar refractivity (Wildman–Crippen MR) is 110 cm³/mol. The number of rotatable bonds is 3. The molecule has 1 amide bonds. The molecule has 3 aliphatic heterocycles. The number of benzene rings is 1. The molecule has 1 saturated heterocycles. The van der Waals surface area contributed by atoms with E-state index < -0.39 is 0 Å². The van der Waals surface area contributed by atoms with Crippen molar-refractivity contribution in [3.63, 3.8) is 0 Å². The van der Waals surface area contributed by atoms with Crippen molar-refractivity contribution in [1.29, 1.82) is 0 Å². The first kappa shape index (κ1) is 16.6. The third-order valence-electron chi connectivity index (χ3n) is 5.32. The summed E-state index contributed by atoms with van der Waals surface area (Å²) in [5.41, 5.74) is 2.11. The number of aliphatic imine (C=N–C) groups is 1. The highest BCUT2D eigenvalue weighted by Gasteiger charge is 2.29. The molecule has 1 fully saturated rings. The molecule has 0 bridgehead atoms. The molecule has 1 aromatic heterocycles. The average Bonchev–Trinajstić information content (AvgIpc) is 3.33. The van der Waals surface area contributed by atoms with Gasteiger partial charge in [0.1, 0.15) is 5.82 Å². The van der Waals surface area contributed by atoms with Gasteiger partial charge in [-0.3, -0.25) is 9.79 Å². The van der Waals surface area contributed by atoms with E-state index in [4.69, 9.17) is 4.98 Å². The number of amides is 1. The Hall–Kier alpha value is -2.54. The topological polar surface area (TPSA) is 52.0 Å². The minimum Gasteiger partial charge on any atom is -0.353 e. The van der Waals surface area contributed by atoms with Crippen LogP contribution in [-0.4, -0.2) is 65.1 Å². The molecule has 0 spiro atoms. The first-order chi connectivity index (χ1) is 13.3. The van der Waals surface area contributed by atoms with Crippen molar-refractivity contribution in [3.05, 3.63) is 47.5 Å². The number of nitrogens with zero attached hydrogens (tertiary/aromatic N) is 5. The number of carbonyl (C=O) groups excluding carboxylic acids is 1. The fraction of sp³-hybridized carbons (Fsp3) is 0.350. The van der Waals surface area contributed by atoms with E-state index in [2.05, 4.69) is 38.4 Å². The third-order valence-corrected chi connectivity index (χ3v) is 6.27. The molecule has 3 aliphatic rings. The van der Waals surface area contributed by atoms with Crippen molar-refractivity contribution in [1.82, 2.24) is 14.8 Å². The average molecular weight is 379 g/mol. The Balaban J connectivity index is 1.21. The first-order valence-corrected chi connectivity index (χ1v) is 10.2. The number of pyridine rings is 1. The van der Waals surface area contributed by atoms with E-state index in [0.29, 0.717) is 6.42 Å². The normalized spacial score (nSPS) is 19.3. The van der Waals surface area contributed by atoms with E-state index in [-0.39, 0.29) is 5.91 Å². The number of anilines is 1. The number of amidine groups is 1. The van der Waals surface area contributed by atoms with Gasteiger partial charge in [-0.1, -0.05) is 30.0 Å². The first-order valence-electron chi connectivity index (χ1n) is 9.34. The van der Waals surface area contributed by atoms with Crippen LogP contribution in [0.2, 0.25) is 0 Å². The largest absolute Gasteiger partial charge is 0.353 e. The number of fused-ring (bicyclic) bond motifs is 2. The van der Waals surface area contributed by atoms with Gasteiger partial charge >= 0.3 is 0 Å². The molecule has 0 aliphatic carbocycles. The number of aromatic nitrogens is 1. The van der Waals surface area contributed by atoms with Crippen LogP contribution in [-0.2, 0) is 4.79 Å². The lowest BCUT2D eigenvalue weighted by Gasteiger charge is -2.35. The Morgan fingerprint density at radius 3 is 2.78 bits per heavy atom. The highest BCUT2D eigenvalue weighted by Crippen LogP contribution is 2.31. The van der Waals surface area contributed by atoms with Gasteiger partial charge in [-0.15, -0.1) is 0 Å². The molecule has 138 valence electrons. The lowest BCUT2D eigenvalue weighted by Crippen LogP contribution is -2.49. The van der Waals surface area contributed by atoms with Crippen LogP contribution in [0.1, 0.15) is 6.42 Å². The Bertz CT molecular complexity index is 948. The molecule has 6 nitrogen and oxygen atoms in total. The predicted octanol–water partition coefficient (Wildman–Crippen LogP) is 2.53. The molecule has 0 saturated carbocycles. The molecule has 4 heterocycles. The molecule has 0 radical (unpaired) electrons. The van der Waals surface area contributed by atoms with E-state index >= 15 is 0 Å². The van der Waals surface area contributed by atoms with E-state index in [9.17, 15) is 4.79 Å². The summed E-state index contributed by atoms with van der Waals surface area (Å²) in [5, 5.41) is 4.28. The number of hydrogen-bond donors (Lipinski definition) is 0. The van der Waals surface area contributed by atoms with Crippen molar-refractivity contribution < 1.29 is 4.79 Å². The highest BCUT2D eigenvalue weighted by molar-refractivity contribution is 8.16. The summed E-state index contributed by atoms with van der Waals surface area (Å²) in [6, 6.07) is 12.4. The van der Waals surface area contributed by atoms with Crippen molar-refractivity contribution >= 4 is 39.6 Å². The number of hydrogen-bond acceptors (Lipinski definition) is 6. The minimum atomic E-state index is 0.209. The zero-order valence-electron chi connectivity index (χ0n) is 15.0. The van der Waals surface area contributed by atoms with Crippen LogP contribution >= 0.6 is 11.8 Å². The van der Waals surface area contributed by atoms with Crippen LogP contribution in [0.4, 0.5) is 5.82 Å².